The number of nitrogens with zero attached hydrogens (tertiary/aromatic N) is 1. The van der Waals surface area contributed by atoms with Crippen LogP contribution in [0.1, 0.15) is 51.2 Å². The molecule has 1 amide bonds. The summed E-state index contributed by atoms with van der Waals surface area (Å²) in [5.41, 5.74) is 6.82. The molecule has 1 aromatic carbocycles. The van der Waals surface area contributed by atoms with Crippen LogP contribution in [0.5, 0.6) is 0 Å². The van der Waals surface area contributed by atoms with Gasteiger partial charge in [0, 0.05) is 23.9 Å². The summed E-state index contributed by atoms with van der Waals surface area (Å²) in [5.74, 6) is -1.00. The highest BCUT2D eigenvalue weighted by molar-refractivity contribution is 6.23. The molecular formula is C24H26N2O5. The number of amides is 1. The number of carbonyl (C=O) groups excluding carboxylic acids is 3. The highest BCUT2D eigenvalue weighted by atomic mass is 16.5. The van der Waals surface area contributed by atoms with Crippen molar-refractivity contribution in [3.63, 3.8) is 0 Å². The van der Waals surface area contributed by atoms with Gasteiger partial charge in [-0.25, -0.2) is 4.79 Å². The molecular weight excluding hydrogens is 396 g/mol. The average Bonchev–Trinajstić information content (AvgIpc) is 2.97. The number of ketones is 1. The number of para-hydroxylation sites is 1. The number of Topliss-reactive ketones (excluding diaryl/α,β-unsaturated/α-hetero) is 1. The third kappa shape index (κ3) is 2.37. The number of fused-ring (bicyclic) bond motifs is 2. The van der Waals surface area contributed by atoms with E-state index >= 15 is 0 Å². The Balaban J connectivity index is 1.91. The van der Waals surface area contributed by atoms with Crippen LogP contribution in [-0.4, -0.2) is 30.8 Å². The first-order valence-electron chi connectivity index (χ1n) is 10.8. The van der Waals surface area contributed by atoms with E-state index in [1.807, 2.05) is 32.0 Å². The smallest absolute Gasteiger partial charge is 0.341 e. The third-order valence-corrected chi connectivity index (χ3v) is 6.97. The van der Waals surface area contributed by atoms with Gasteiger partial charge >= 0.3 is 5.97 Å². The first kappa shape index (κ1) is 19.8. The Morgan fingerprint density at radius 2 is 2.03 bits per heavy atom. The van der Waals surface area contributed by atoms with E-state index in [2.05, 4.69) is 0 Å². The fourth-order valence-corrected chi connectivity index (χ4v) is 5.58. The Bertz CT molecular complexity index is 1110. The van der Waals surface area contributed by atoms with Gasteiger partial charge in [0.2, 0.25) is 11.8 Å². The topological polar surface area (TPSA) is 98.9 Å². The van der Waals surface area contributed by atoms with Crippen molar-refractivity contribution in [2.24, 2.45) is 11.1 Å². The number of allylic oxidation sites excluding steroid dienone is 1. The fraction of sp³-hybridized carbons (Fsp3) is 0.458. The van der Waals surface area contributed by atoms with Crippen LogP contribution in [0.3, 0.4) is 0 Å². The molecule has 0 saturated heterocycles. The summed E-state index contributed by atoms with van der Waals surface area (Å²) in [6, 6.07) is 5.71. The van der Waals surface area contributed by atoms with Gasteiger partial charge in [0.1, 0.15) is 16.7 Å². The first-order chi connectivity index (χ1) is 14.7. The quantitative estimate of drug-likeness (QED) is 0.736. The molecule has 0 bridgehead atoms. The first-order valence-corrected chi connectivity index (χ1v) is 10.8. The number of benzene rings is 1. The molecule has 0 saturated carbocycles. The molecule has 3 aliphatic heterocycles. The molecule has 2 N–H and O–H groups in total. The lowest BCUT2D eigenvalue weighted by molar-refractivity contribution is -0.141. The number of hydrogen-bond acceptors (Lipinski definition) is 6. The predicted molar refractivity (Wildman–Crippen MR) is 113 cm³/mol. The van der Waals surface area contributed by atoms with Gasteiger partial charge in [-0.3, -0.25) is 9.59 Å². The second-order valence-electron chi connectivity index (χ2n) is 9.20. The van der Waals surface area contributed by atoms with Crippen LogP contribution in [0, 0.1) is 5.41 Å². The van der Waals surface area contributed by atoms with Crippen molar-refractivity contribution in [1.29, 1.82) is 0 Å². The number of nitrogens with two attached hydrogens (primary N) is 1. The summed E-state index contributed by atoms with van der Waals surface area (Å²) in [4.78, 5) is 42.6. The lowest BCUT2D eigenvalue weighted by atomic mass is 9.61. The summed E-state index contributed by atoms with van der Waals surface area (Å²) in [6.07, 6.45) is 2.50. The molecule has 5 rings (SSSR count). The summed E-state index contributed by atoms with van der Waals surface area (Å²) < 4.78 is 11.3. The summed E-state index contributed by atoms with van der Waals surface area (Å²) in [7, 11) is 0. The number of hydrogen-bond donors (Lipinski definition) is 1. The maximum Gasteiger partial charge on any atom is 0.341 e. The number of aryl methyl sites for hydroxylation is 1. The van der Waals surface area contributed by atoms with Crippen LogP contribution in [0.4, 0.5) is 5.69 Å². The standard InChI is InChI=1S/C24H26N2O5/c1-4-30-21(28)17-20(25)31-19-16(15(27)10-11-23(19,2)3)24(17)14-9-5-7-13-8-6-12-26(18(13)14)22(24)29/h5,7,9H,4,6,8,10-12,25H2,1-3H3. The molecule has 1 aliphatic carbocycles. The van der Waals surface area contributed by atoms with Crippen LogP contribution >= 0.6 is 0 Å². The van der Waals surface area contributed by atoms with Gasteiger partial charge in [0.15, 0.2) is 5.78 Å². The Kier molecular flexibility index (Phi) is 4.13. The van der Waals surface area contributed by atoms with Gasteiger partial charge in [-0.05, 0) is 31.7 Å². The van der Waals surface area contributed by atoms with E-state index < -0.39 is 16.8 Å². The maximum absolute atomic E-state index is 14.2. The van der Waals surface area contributed by atoms with Crippen LogP contribution in [0.25, 0.3) is 0 Å². The van der Waals surface area contributed by atoms with Gasteiger partial charge < -0.3 is 20.1 Å². The molecule has 1 atom stereocenters. The zero-order valence-electron chi connectivity index (χ0n) is 18.0. The van der Waals surface area contributed by atoms with Crippen LogP contribution in [-0.2, 0) is 35.7 Å². The predicted octanol–water partition coefficient (Wildman–Crippen LogP) is 2.62. The molecule has 0 aromatic heterocycles. The number of anilines is 1. The third-order valence-electron chi connectivity index (χ3n) is 6.97. The van der Waals surface area contributed by atoms with E-state index in [1.165, 1.54) is 0 Å². The van der Waals surface area contributed by atoms with Crippen molar-refractivity contribution in [3.8, 4) is 0 Å². The fourth-order valence-electron chi connectivity index (χ4n) is 5.58. The van der Waals surface area contributed by atoms with Crippen LogP contribution in [0.2, 0.25) is 0 Å². The highest BCUT2D eigenvalue weighted by Gasteiger charge is 2.65. The summed E-state index contributed by atoms with van der Waals surface area (Å²) >= 11 is 0. The van der Waals surface area contributed by atoms with Gasteiger partial charge in [0.05, 0.1) is 17.9 Å². The Morgan fingerprint density at radius 3 is 2.77 bits per heavy atom. The number of ether oxygens (including phenoxy) is 2. The Hall–Kier alpha value is -3.09. The zero-order chi connectivity index (χ0) is 22.1. The van der Waals surface area contributed by atoms with Crippen molar-refractivity contribution in [2.45, 2.75) is 51.9 Å². The van der Waals surface area contributed by atoms with E-state index in [-0.39, 0.29) is 41.7 Å². The second kappa shape index (κ2) is 6.45. The number of esters is 1. The Labute approximate surface area is 180 Å². The van der Waals surface area contributed by atoms with Crippen LogP contribution in [0.15, 0.2) is 41.0 Å². The normalized spacial score (nSPS) is 26.1. The molecule has 31 heavy (non-hydrogen) atoms. The second-order valence-corrected chi connectivity index (χ2v) is 9.20. The number of carbonyl (C=O) groups is 3. The van der Waals surface area contributed by atoms with E-state index in [0.29, 0.717) is 24.3 Å². The van der Waals surface area contributed by atoms with E-state index in [9.17, 15) is 14.4 Å². The van der Waals surface area contributed by atoms with Crippen molar-refractivity contribution in [2.75, 3.05) is 18.1 Å². The minimum atomic E-state index is -1.63. The molecule has 1 aromatic rings. The summed E-state index contributed by atoms with van der Waals surface area (Å²) in [6.45, 7) is 6.27. The zero-order valence-corrected chi connectivity index (χ0v) is 18.0. The highest BCUT2D eigenvalue weighted by Crippen LogP contribution is 2.59. The van der Waals surface area contributed by atoms with Gasteiger partial charge in [0.25, 0.3) is 0 Å². The molecule has 7 heteroatoms. The molecule has 162 valence electrons. The van der Waals surface area contributed by atoms with Crippen molar-refractivity contribution >= 4 is 23.3 Å². The molecule has 1 unspecified atom stereocenters. The minimum absolute atomic E-state index is 0.0769. The minimum Gasteiger partial charge on any atom is -0.462 e. The lowest BCUT2D eigenvalue weighted by Gasteiger charge is -2.43. The lowest BCUT2D eigenvalue weighted by Crippen LogP contribution is -2.53. The van der Waals surface area contributed by atoms with Gasteiger partial charge in [-0.2, -0.15) is 0 Å². The van der Waals surface area contributed by atoms with E-state index in [0.717, 1.165) is 24.1 Å². The van der Waals surface area contributed by atoms with Crippen LogP contribution < -0.4 is 10.6 Å². The molecule has 0 radical (unpaired) electrons. The van der Waals surface area contributed by atoms with Crippen molar-refractivity contribution in [1.82, 2.24) is 0 Å². The summed E-state index contributed by atoms with van der Waals surface area (Å²) in [5, 5.41) is 0. The molecule has 3 heterocycles. The largest absolute Gasteiger partial charge is 0.462 e. The average molecular weight is 422 g/mol. The maximum atomic E-state index is 14.2. The van der Waals surface area contributed by atoms with E-state index in [1.54, 1.807) is 11.8 Å². The van der Waals surface area contributed by atoms with Gasteiger partial charge in [-0.15, -0.1) is 0 Å². The SMILES string of the molecule is CCOC(=O)C1=C(N)OC2=C(C(=O)CCC2(C)C)C12C(=O)N1CCCc3cccc2c31. The monoisotopic (exact) mass is 422 g/mol. The van der Waals surface area contributed by atoms with Gasteiger partial charge in [-0.1, -0.05) is 32.0 Å². The van der Waals surface area contributed by atoms with Crippen molar-refractivity contribution in [3.05, 3.63) is 52.1 Å². The molecule has 1 spiro atoms. The molecule has 7 nitrogen and oxygen atoms in total. The Morgan fingerprint density at radius 1 is 1.26 bits per heavy atom. The van der Waals surface area contributed by atoms with Crippen molar-refractivity contribution < 1.29 is 23.9 Å². The number of rotatable bonds is 2. The van der Waals surface area contributed by atoms with E-state index in [4.69, 9.17) is 15.2 Å². The molecule has 4 aliphatic rings. The molecule has 0 fully saturated rings.